The predicted octanol–water partition coefficient (Wildman–Crippen LogP) is 4.45. The van der Waals surface area contributed by atoms with E-state index in [9.17, 15) is 18.0 Å². The number of halogens is 3. The van der Waals surface area contributed by atoms with Crippen LogP contribution in [-0.4, -0.2) is 24.0 Å². The van der Waals surface area contributed by atoms with Crippen LogP contribution in [0.2, 0.25) is 0 Å². The number of ether oxygens (including phenoxy) is 1. The summed E-state index contributed by atoms with van der Waals surface area (Å²) in [5.41, 5.74) is 0.622. The van der Waals surface area contributed by atoms with E-state index in [-0.39, 0.29) is 18.4 Å². The first-order chi connectivity index (χ1) is 12.4. The predicted molar refractivity (Wildman–Crippen MR) is 91.7 cm³/mol. The Balaban J connectivity index is 1.71. The van der Waals surface area contributed by atoms with Crippen LogP contribution in [0.4, 0.5) is 13.2 Å². The van der Waals surface area contributed by atoms with Crippen molar-refractivity contribution in [2.45, 2.75) is 38.0 Å². The average Bonchev–Trinajstić information content (AvgIpc) is 3.44. The van der Waals surface area contributed by atoms with Gasteiger partial charge in [0.25, 0.3) is 0 Å². The zero-order chi connectivity index (χ0) is 18.7. The first kappa shape index (κ1) is 18.3. The van der Waals surface area contributed by atoms with E-state index in [0.29, 0.717) is 12.1 Å². The van der Waals surface area contributed by atoms with Crippen molar-refractivity contribution in [3.05, 3.63) is 65.2 Å². The van der Waals surface area contributed by atoms with Gasteiger partial charge in [0.1, 0.15) is 5.75 Å². The van der Waals surface area contributed by atoms with Gasteiger partial charge in [-0.25, -0.2) is 0 Å². The van der Waals surface area contributed by atoms with Gasteiger partial charge in [-0.3, -0.25) is 4.79 Å². The molecule has 0 saturated heterocycles. The van der Waals surface area contributed by atoms with E-state index >= 15 is 0 Å². The van der Waals surface area contributed by atoms with Crippen LogP contribution < -0.4 is 4.74 Å². The second-order valence-electron chi connectivity index (χ2n) is 6.48. The molecule has 0 N–H and O–H groups in total. The van der Waals surface area contributed by atoms with Crippen LogP contribution >= 0.6 is 0 Å². The molecule has 6 heteroatoms. The summed E-state index contributed by atoms with van der Waals surface area (Å²) in [6, 6.07) is 12.6. The quantitative estimate of drug-likeness (QED) is 0.759. The van der Waals surface area contributed by atoms with Crippen molar-refractivity contribution < 1.29 is 22.7 Å². The Morgan fingerprint density at radius 1 is 1.12 bits per heavy atom. The number of amides is 1. The molecule has 138 valence electrons. The fraction of sp³-hybridized carbons (Fsp3) is 0.350. The zero-order valence-corrected chi connectivity index (χ0v) is 14.4. The summed E-state index contributed by atoms with van der Waals surface area (Å²) in [4.78, 5) is 14.5. The van der Waals surface area contributed by atoms with Crippen LogP contribution in [0.25, 0.3) is 0 Å². The van der Waals surface area contributed by atoms with Gasteiger partial charge in [-0.1, -0.05) is 30.3 Å². The van der Waals surface area contributed by atoms with Crippen molar-refractivity contribution in [3.8, 4) is 5.75 Å². The fourth-order valence-corrected chi connectivity index (χ4v) is 2.87. The lowest BCUT2D eigenvalue weighted by atomic mass is 10.1. The molecule has 0 bridgehead atoms. The molecule has 2 aromatic rings. The zero-order valence-electron chi connectivity index (χ0n) is 14.4. The van der Waals surface area contributed by atoms with Crippen molar-refractivity contribution in [1.82, 2.24) is 4.90 Å². The van der Waals surface area contributed by atoms with Crippen LogP contribution in [0.3, 0.4) is 0 Å². The van der Waals surface area contributed by atoms with Crippen molar-refractivity contribution in [2.24, 2.45) is 0 Å². The van der Waals surface area contributed by atoms with Crippen LogP contribution in [0.5, 0.6) is 5.75 Å². The van der Waals surface area contributed by atoms with Crippen LogP contribution in [0.1, 0.15) is 29.5 Å². The third kappa shape index (κ3) is 4.56. The number of methoxy groups -OCH3 is 1. The number of carbonyl (C=O) groups excluding carboxylic acids is 1. The van der Waals surface area contributed by atoms with Crippen LogP contribution in [0, 0.1) is 0 Å². The Bertz CT molecular complexity index is 767. The first-order valence-electron chi connectivity index (χ1n) is 8.45. The molecule has 0 atom stereocenters. The lowest BCUT2D eigenvalue weighted by Gasteiger charge is -2.23. The minimum atomic E-state index is -4.40. The van der Waals surface area contributed by atoms with Crippen LogP contribution in [-0.2, 0) is 23.9 Å². The Kier molecular flexibility index (Phi) is 5.20. The summed E-state index contributed by atoms with van der Waals surface area (Å²) in [6.45, 7) is 0.451. The molecule has 0 radical (unpaired) electrons. The van der Waals surface area contributed by atoms with E-state index in [4.69, 9.17) is 4.74 Å². The monoisotopic (exact) mass is 363 g/mol. The van der Waals surface area contributed by atoms with Gasteiger partial charge in [0, 0.05) is 12.6 Å². The highest BCUT2D eigenvalue weighted by atomic mass is 19.4. The Morgan fingerprint density at radius 2 is 1.81 bits per heavy atom. The molecular formula is C20H20F3NO2. The second kappa shape index (κ2) is 7.40. The summed E-state index contributed by atoms with van der Waals surface area (Å²) in [5, 5.41) is 0. The van der Waals surface area contributed by atoms with Crippen molar-refractivity contribution in [3.63, 3.8) is 0 Å². The molecule has 2 aromatic carbocycles. The van der Waals surface area contributed by atoms with Gasteiger partial charge < -0.3 is 9.64 Å². The fourth-order valence-electron chi connectivity index (χ4n) is 2.87. The molecule has 0 aromatic heterocycles. The summed E-state index contributed by atoms with van der Waals surface area (Å²) in [7, 11) is 1.59. The number of hydrogen-bond donors (Lipinski definition) is 0. The molecule has 0 spiro atoms. The van der Waals surface area contributed by atoms with E-state index in [1.54, 1.807) is 18.1 Å². The lowest BCUT2D eigenvalue weighted by molar-refractivity contribution is -0.138. The molecule has 1 amide bonds. The molecule has 1 aliphatic carbocycles. The van der Waals surface area contributed by atoms with Gasteiger partial charge in [-0.05, 0) is 42.2 Å². The summed E-state index contributed by atoms with van der Waals surface area (Å²) >= 11 is 0. The highest BCUT2D eigenvalue weighted by Crippen LogP contribution is 2.31. The van der Waals surface area contributed by atoms with Crippen molar-refractivity contribution >= 4 is 5.91 Å². The van der Waals surface area contributed by atoms with Gasteiger partial charge in [-0.2, -0.15) is 13.2 Å². The molecule has 1 fully saturated rings. The SMILES string of the molecule is COc1ccc(CN(C(=O)Cc2cccc(C(F)(F)F)c2)C2CC2)cc1. The molecule has 26 heavy (non-hydrogen) atoms. The van der Waals surface area contributed by atoms with Crippen molar-refractivity contribution in [1.29, 1.82) is 0 Å². The second-order valence-corrected chi connectivity index (χ2v) is 6.48. The van der Waals surface area contributed by atoms with E-state index < -0.39 is 11.7 Å². The minimum Gasteiger partial charge on any atom is -0.497 e. The van der Waals surface area contributed by atoms with Gasteiger partial charge in [-0.15, -0.1) is 0 Å². The van der Waals surface area contributed by atoms with E-state index in [1.165, 1.54) is 6.07 Å². The number of carbonyl (C=O) groups is 1. The molecular weight excluding hydrogens is 343 g/mol. The maximum atomic E-state index is 12.8. The highest BCUT2D eigenvalue weighted by Gasteiger charge is 2.33. The number of nitrogens with zero attached hydrogens (tertiary/aromatic N) is 1. The third-order valence-corrected chi connectivity index (χ3v) is 4.43. The van der Waals surface area contributed by atoms with Gasteiger partial charge in [0.2, 0.25) is 5.91 Å². The van der Waals surface area contributed by atoms with E-state index in [0.717, 1.165) is 36.3 Å². The van der Waals surface area contributed by atoms with E-state index in [1.807, 2.05) is 24.3 Å². The summed E-state index contributed by atoms with van der Waals surface area (Å²) in [5.74, 6) is 0.588. The maximum Gasteiger partial charge on any atom is 0.416 e. The Labute approximate surface area is 150 Å². The summed E-state index contributed by atoms with van der Waals surface area (Å²) in [6.07, 6.45) is -2.57. The molecule has 0 heterocycles. The van der Waals surface area contributed by atoms with Gasteiger partial charge in [0.05, 0.1) is 19.1 Å². The Morgan fingerprint density at radius 3 is 2.38 bits per heavy atom. The van der Waals surface area contributed by atoms with Crippen LogP contribution in [0.15, 0.2) is 48.5 Å². The van der Waals surface area contributed by atoms with E-state index in [2.05, 4.69) is 0 Å². The molecule has 1 saturated carbocycles. The molecule has 1 aliphatic rings. The Hall–Kier alpha value is -2.50. The molecule has 3 nitrogen and oxygen atoms in total. The minimum absolute atomic E-state index is 0.0312. The normalized spacial score (nSPS) is 14.2. The first-order valence-corrected chi connectivity index (χ1v) is 8.45. The molecule has 0 aliphatic heterocycles. The smallest absolute Gasteiger partial charge is 0.416 e. The number of hydrogen-bond acceptors (Lipinski definition) is 2. The average molecular weight is 363 g/mol. The third-order valence-electron chi connectivity index (χ3n) is 4.43. The molecule has 3 rings (SSSR count). The topological polar surface area (TPSA) is 29.5 Å². The standard InChI is InChI=1S/C20H20F3NO2/c1-26-18-9-5-14(6-10-18)13-24(17-7-8-17)19(25)12-15-3-2-4-16(11-15)20(21,22)23/h2-6,9-11,17H,7-8,12-13H2,1H3. The van der Waals surface area contributed by atoms with Gasteiger partial charge in [0.15, 0.2) is 0 Å². The highest BCUT2D eigenvalue weighted by molar-refractivity contribution is 5.79. The molecule has 0 unspecified atom stereocenters. The number of benzene rings is 2. The lowest BCUT2D eigenvalue weighted by Crippen LogP contribution is -2.33. The summed E-state index contributed by atoms with van der Waals surface area (Å²) < 4.78 is 43.7. The van der Waals surface area contributed by atoms with Crippen molar-refractivity contribution in [2.75, 3.05) is 7.11 Å². The number of rotatable bonds is 6. The largest absolute Gasteiger partial charge is 0.497 e. The maximum absolute atomic E-state index is 12.8. The van der Waals surface area contributed by atoms with Gasteiger partial charge >= 0.3 is 6.18 Å². The number of alkyl halides is 3.